The summed E-state index contributed by atoms with van der Waals surface area (Å²) in [5.74, 6) is -1.01. The van der Waals surface area contributed by atoms with Crippen LogP contribution in [-0.4, -0.2) is 51.9 Å². The van der Waals surface area contributed by atoms with Gasteiger partial charge in [-0.25, -0.2) is 0 Å². The molecule has 6 nitrogen and oxygen atoms in total. The minimum atomic E-state index is -5.06. The number of hydrazone groups is 1. The topological polar surface area (TPSA) is 67.1 Å². The lowest BCUT2D eigenvalue weighted by Crippen LogP contribution is -2.56. The largest absolute Gasteiger partial charge is 0.438 e. The Labute approximate surface area is 166 Å². The number of alkyl halides is 3. The third-order valence-corrected chi connectivity index (χ3v) is 4.96. The Morgan fingerprint density at radius 2 is 1.93 bits per heavy atom. The molecule has 0 saturated carbocycles. The number of nitrogens with zero attached hydrogens (tertiary/aromatic N) is 3. The Bertz CT molecular complexity index is 938. The van der Waals surface area contributed by atoms with Crippen LogP contribution in [0.1, 0.15) is 34.6 Å². The van der Waals surface area contributed by atoms with Crippen LogP contribution in [-0.2, 0) is 4.74 Å². The average Bonchev–Trinajstić information content (AvgIpc) is 3.17. The van der Waals surface area contributed by atoms with Crippen molar-refractivity contribution in [2.45, 2.75) is 38.6 Å². The number of aliphatic hydroxyl groups is 1. The number of aromatic nitrogens is 1. The SMILES string of the molecule is COCCC1=NN(C(=O)c2cc(C)n(-c3ccccc3)c2C)[C@](O)(C(F)(F)F)C1. The summed E-state index contributed by atoms with van der Waals surface area (Å²) < 4.78 is 47.6. The second-order valence-electron chi connectivity index (χ2n) is 6.97. The molecule has 1 aliphatic rings. The van der Waals surface area contributed by atoms with E-state index in [0.29, 0.717) is 11.4 Å². The molecule has 3 rings (SSSR count). The number of hydrogen-bond donors (Lipinski definition) is 1. The van der Waals surface area contributed by atoms with Crippen molar-refractivity contribution >= 4 is 11.6 Å². The maximum absolute atomic E-state index is 13.7. The van der Waals surface area contributed by atoms with Gasteiger partial charge in [-0.2, -0.15) is 23.3 Å². The fourth-order valence-electron chi connectivity index (χ4n) is 3.48. The summed E-state index contributed by atoms with van der Waals surface area (Å²) in [5, 5.41) is 14.4. The third kappa shape index (κ3) is 3.67. The molecule has 0 saturated heterocycles. The van der Waals surface area contributed by atoms with Crippen LogP contribution < -0.4 is 0 Å². The molecule has 0 unspecified atom stereocenters. The van der Waals surface area contributed by atoms with Crippen molar-refractivity contribution in [3.05, 3.63) is 53.3 Å². The molecule has 29 heavy (non-hydrogen) atoms. The number of para-hydroxylation sites is 1. The van der Waals surface area contributed by atoms with E-state index >= 15 is 0 Å². The Hall–Kier alpha value is -2.65. The smallest absolute Gasteiger partial charge is 0.384 e. The number of hydrogen-bond acceptors (Lipinski definition) is 4. The van der Waals surface area contributed by atoms with Crippen LogP contribution >= 0.6 is 0 Å². The van der Waals surface area contributed by atoms with Crippen molar-refractivity contribution in [3.8, 4) is 5.69 Å². The number of methoxy groups -OCH3 is 1. The first kappa shape index (κ1) is 21.1. The fraction of sp³-hybridized carbons (Fsp3) is 0.400. The molecule has 0 aliphatic carbocycles. The highest BCUT2D eigenvalue weighted by Crippen LogP contribution is 2.41. The van der Waals surface area contributed by atoms with E-state index in [9.17, 15) is 23.1 Å². The van der Waals surface area contributed by atoms with Crippen molar-refractivity contribution in [1.29, 1.82) is 0 Å². The van der Waals surface area contributed by atoms with Crippen LogP contribution in [0.2, 0.25) is 0 Å². The second-order valence-corrected chi connectivity index (χ2v) is 6.97. The highest BCUT2D eigenvalue weighted by atomic mass is 19.4. The summed E-state index contributed by atoms with van der Waals surface area (Å²) in [6.07, 6.45) is -5.78. The number of benzene rings is 1. The van der Waals surface area contributed by atoms with Gasteiger partial charge < -0.3 is 14.4 Å². The van der Waals surface area contributed by atoms with Crippen molar-refractivity contribution in [2.75, 3.05) is 13.7 Å². The molecule has 1 amide bonds. The van der Waals surface area contributed by atoms with Crippen LogP contribution in [0.25, 0.3) is 5.69 Å². The van der Waals surface area contributed by atoms with E-state index in [-0.39, 0.29) is 29.3 Å². The Kier molecular flexibility index (Phi) is 5.55. The van der Waals surface area contributed by atoms with Crippen LogP contribution in [0.15, 0.2) is 41.5 Å². The molecular formula is C20H22F3N3O3. The molecular weight excluding hydrogens is 387 g/mol. The van der Waals surface area contributed by atoms with Crippen molar-refractivity contribution < 1.29 is 27.8 Å². The molecule has 2 aromatic rings. The normalized spacial score (nSPS) is 19.6. The predicted octanol–water partition coefficient (Wildman–Crippen LogP) is 3.58. The molecule has 1 aromatic heterocycles. The van der Waals surface area contributed by atoms with Crippen molar-refractivity contribution in [3.63, 3.8) is 0 Å². The zero-order valence-corrected chi connectivity index (χ0v) is 16.3. The first-order valence-corrected chi connectivity index (χ1v) is 9.03. The van der Waals surface area contributed by atoms with Gasteiger partial charge >= 0.3 is 6.18 Å². The van der Waals surface area contributed by atoms with Gasteiger partial charge in [0.25, 0.3) is 11.6 Å². The molecule has 1 N–H and O–H groups in total. The molecule has 0 fully saturated rings. The first-order valence-electron chi connectivity index (χ1n) is 9.03. The van der Waals surface area contributed by atoms with Gasteiger partial charge in [-0.3, -0.25) is 4.79 Å². The van der Waals surface area contributed by atoms with E-state index in [2.05, 4.69) is 5.10 Å². The van der Waals surface area contributed by atoms with E-state index in [1.54, 1.807) is 18.4 Å². The van der Waals surface area contributed by atoms with Gasteiger partial charge in [-0.15, -0.1) is 0 Å². The molecule has 9 heteroatoms. The average molecular weight is 409 g/mol. The standard InChI is InChI=1S/C20H22F3N3O3/c1-13-11-17(14(2)25(13)16-7-5-4-6-8-16)18(27)26-19(28,20(21,22)23)12-15(24-26)9-10-29-3/h4-8,11,28H,9-10,12H2,1-3H3/t19-/m1/s1. The monoisotopic (exact) mass is 409 g/mol. The number of aryl methyl sites for hydroxylation is 1. The zero-order chi connectivity index (χ0) is 21.4. The van der Waals surface area contributed by atoms with Crippen LogP contribution in [0, 0.1) is 13.8 Å². The summed E-state index contributed by atoms with van der Waals surface area (Å²) in [4.78, 5) is 13.1. The number of rotatable bonds is 5. The Morgan fingerprint density at radius 3 is 2.52 bits per heavy atom. The molecule has 0 radical (unpaired) electrons. The summed E-state index contributed by atoms with van der Waals surface area (Å²) >= 11 is 0. The van der Waals surface area contributed by atoms with Gasteiger partial charge in [0.15, 0.2) is 0 Å². The van der Waals surface area contributed by atoms with Gasteiger partial charge in [0.2, 0.25) is 0 Å². The van der Waals surface area contributed by atoms with E-state index in [4.69, 9.17) is 4.74 Å². The van der Waals surface area contributed by atoms with Gasteiger partial charge in [0.05, 0.1) is 12.2 Å². The predicted molar refractivity (Wildman–Crippen MR) is 101 cm³/mol. The maximum Gasteiger partial charge on any atom is 0.438 e. The Morgan fingerprint density at radius 1 is 1.28 bits per heavy atom. The highest BCUT2D eigenvalue weighted by molar-refractivity contribution is 5.99. The number of carbonyl (C=O) groups is 1. The first-order chi connectivity index (χ1) is 13.6. The molecule has 2 heterocycles. The molecule has 0 spiro atoms. The fourth-order valence-corrected chi connectivity index (χ4v) is 3.48. The van der Waals surface area contributed by atoms with Gasteiger partial charge in [0, 0.05) is 42.7 Å². The Balaban J connectivity index is 2.03. The quantitative estimate of drug-likeness (QED) is 0.821. The van der Waals surface area contributed by atoms with Crippen molar-refractivity contribution in [2.24, 2.45) is 5.10 Å². The lowest BCUT2D eigenvalue weighted by molar-refractivity contribution is -0.297. The van der Waals surface area contributed by atoms with Gasteiger partial charge in [-0.1, -0.05) is 18.2 Å². The maximum atomic E-state index is 13.7. The number of ether oxygens (including phenoxy) is 1. The van der Waals surface area contributed by atoms with E-state index in [0.717, 1.165) is 5.69 Å². The summed E-state index contributed by atoms with van der Waals surface area (Å²) in [6.45, 7) is 3.53. The lowest BCUT2D eigenvalue weighted by Gasteiger charge is -2.32. The summed E-state index contributed by atoms with van der Waals surface area (Å²) in [7, 11) is 1.41. The van der Waals surface area contributed by atoms with Crippen LogP contribution in [0.3, 0.4) is 0 Å². The van der Waals surface area contributed by atoms with E-state index in [1.807, 2.05) is 30.3 Å². The van der Waals surface area contributed by atoms with E-state index < -0.39 is 24.2 Å². The number of carbonyl (C=O) groups excluding carboxylic acids is 1. The van der Waals surface area contributed by atoms with Gasteiger partial charge in [-0.05, 0) is 32.0 Å². The summed E-state index contributed by atoms with van der Waals surface area (Å²) in [5.41, 5.74) is -1.37. The molecule has 0 bridgehead atoms. The molecule has 1 aliphatic heterocycles. The minimum absolute atomic E-state index is 0.0470. The third-order valence-electron chi connectivity index (χ3n) is 4.96. The zero-order valence-electron chi connectivity index (χ0n) is 16.3. The van der Waals surface area contributed by atoms with Crippen molar-refractivity contribution in [1.82, 2.24) is 9.58 Å². The molecule has 1 aromatic carbocycles. The van der Waals surface area contributed by atoms with Crippen LogP contribution in [0.5, 0.6) is 0 Å². The highest BCUT2D eigenvalue weighted by Gasteiger charge is 2.63. The number of amides is 1. The lowest BCUT2D eigenvalue weighted by atomic mass is 10.0. The van der Waals surface area contributed by atoms with Gasteiger partial charge in [0.1, 0.15) is 0 Å². The molecule has 156 valence electrons. The van der Waals surface area contributed by atoms with E-state index in [1.165, 1.54) is 13.2 Å². The van der Waals surface area contributed by atoms with Crippen LogP contribution in [0.4, 0.5) is 13.2 Å². The number of halogens is 3. The minimum Gasteiger partial charge on any atom is -0.384 e. The second kappa shape index (κ2) is 7.64. The summed E-state index contributed by atoms with van der Waals surface area (Å²) in [6, 6.07) is 10.7. The molecule has 1 atom stereocenters.